The van der Waals surface area contributed by atoms with Gasteiger partial charge in [-0.25, -0.2) is 0 Å². The summed E-state index contributed by atoms with van der Waals surface area (Å²) in [5, 5.41) is 12.6. The summed E-state index contributed by atoms with van der Waals surface area (Å²) in [6.07, 6.45) is 5.55. The molecule has 0 aromatic heterocycles. The van der Waals surface area contributed by atoms with Gasteiger partial charge in [-0.05, 0) is 70.2 Å². The van der Waals surface area contributed by atoms with Gasteiger partial charge in [0.05, 0.1) is 0 Å². The van der Waals surface area contributed by atoms with Crippen molar-refractivity contribution >= 4 is 5.69 Å². The minimum absolute atomic E-state index is 0.269. The molecule has 118 valence electrons. The largest absolute Gasteiger partial charge is 0.396 e. The molecule has 0 bridgehead atoms. The summed E-state index contributed by atoms with van der Waals surface area (Å²) in [6, 6.07) is 9.90. The van der Waals surface area contributed by atoms with Gasteiger partial charge in [0, 0.05) is 30.9 Å². The maximum absolute atomic E-state index is 8.94. The van der Waals surface area contributed by atoms with Crippen molar-refractivity contribution in [1.29, 1.82) is 0 Å². The molecular formula is C18H30N2O. The summed E-state index contributed by atoms with van der Waals surface area (Å²) < 4.78 is 0. The number of benzene rings is 1. The van der Waals surface area contributed by atoms with Crippen LogP contribution in [0.5, 0.6) is 0 Å². The van der Waals surface area contributed by atoms with Crippen molar-refractivity contribution in [2.24, 2.45) is 0 Å². The number of likely N-dealkylation sites (tertiary alicyclic amines) is 1. The van der Waals surface area contributed by atoms with E-state index in [1.54, 1.807) is 0 Å². The Morgan fingerprint density at radius 1 is 1.29 bits per heavy atom. The number of nitrogens with zero attached hydrogens (tertiary/aromatic N) is 1. The van der Waals surface area contributed by atoms with Crippen molar-refractivity contribution in [3.05, 3.63) is 29.8 Å². The molecule has 1 aromatic rings. The van der Waals surface area contributed by atoms with Crippen LogP contribution >= 0.6 is 0 Å². The number of aliphatic hydroxyl groups excluding tert-OH is 1. The molecule has 21 heavy (non-hydrogen) atoms. The molecule has 1 aliphatic rings. The van der Waals surface area contributed by atoms with E-state index in [2.05, 4.69) is 48.3 Å². The molecule has 0 aliphatic carbocycles. The number of anilines is 1. The average Bonchev–Trinajstić information content (AvgIpc) is 2.71. The number of hydrogen-bond acceptors (Lipinski definition) is 3. The maximum Gasteiger partial charge on any atom is 0.0434 e. The predicted molar refractivity (Wildman–Crippen MR) is 89.8 cm³/mol. The van der Waals surface area contributed by atoms with E-state index in [9.17, 15) is 0 Å². The van der Waals surface area contributed by atoms with Crippen LogP contribution < -0.4 is 5.32 Å². The highest BCUT2D eigenvalue weighted by Crippen LogP contribution is 2.19. The van der Waals surface area contributed by atoms with Crippen LogP contribution in [0, 0.1) is 0 Å². The van der Waals surface area contributed by atoms with Crippen LogP contribution in [0.15, 0.2) is 24.3 Å². The summed E-state index contributed by atoms with van der Waals surface area (Å²) in [5.74, 6) is 0. The van der Waals surface area contributed by atoms with Crippen molar-refractivity contribution in [2.45, 2.75) is 58.0 Å². The zero-order chi connectivity index (χ0) is 15.1. The van der Waals surface area contributed by atoms with Crippen LogP contribution in [0.3, 0.4) is 0 Å². The molecule has 3 heteroatoms. The van der Waals surface area contributed by atoms with Crippen molar-refractivity contribution in [2.75, 3.05) is 25.0 Å². The third-order valence-electron chi connectivity index (χ3n) is 4.41. The van der Waals surface area contributed by atoms with Gasteiger partial charge in [0.1, 0.15) is 0 Å². The Labute approximate surface area is 129 Å². The van der Waals surface area contributed by atoms with Gasteiger partial charge in [0.15, 0.2) is 0 Å². The van der Waals surface area contributed by atoms with Gasteiger partial charge in [-0.2, -0.15) is 0 Å². The number of hydrogen-bond donors (Lipinski definition) is 2. The Morgan fingerprint density at radius 2 is 2.14 bits per heavy atom. The minimum atomic E-state index is 0.269. The Morgan fingerprint density at radius 3 is 2.90 bits per heavy atom. The monoisotopic (exact) mass is 290 g/mol. The molecule has 1 fully saturated rings. The molecule has 1 aliphatic heterocycles. The molecule has 3 nitrogen and oxygen atoms in total. The Balaban J connectivity index is 1.89. The van der Waals surface area contributed by atoms with Crippen LogP contribution in [0.4, 0.5) is 5.69 Å². The smallest absolute Gasteiger partial charge is 0.0434 e. The summed E-state index contributed by atoms with van der Waals surface area (Å²) >= 11 is 0. The average molecular weight is 290 g/mol. The van der Waals surface area contributed by atoms with E-state index in [-0.39, 0.29) is 6.61 Å². The van der Waals surface area contributed by atoms with Gasteiger partial charge in [-0.3, -0.25) is 0 Å². The highest BCUT2D eigenvalue weighted by Gasteiger charge is 2.18. The topological polar surface area (TPSA) is 35.5 Å². The molecule has 1 aromatic carbocycles. The van der Waals surface area contributed by atoms with E-state index in [4.69, 9.17) is 5.11 Å². The fraction of sp³-hybridized carbons (Fsp3) is 0.667. The normalized spacial score (nSPS) is 20.5. The second-order valence-corrected chi connectivity index (χ2v) is 6.43. The molecule has 0 amide bonds. The van der Waals surface area contributed by atoms with Crippen molar-refractivity contribution in [3.63, 3.8) is 0 Å². The molecule has 0 radical (unpaired) electrons. The Hall–Kier alpha value is -1.06. The van der Waals surface area contributed by atoms with E-state index >= 15 is 0 Å². The van der Waals surface area contributed by atoms with Crippen LogP contribution in [0.2, 0.25) is 0 Å². The fourth-order valence-electron chi connectivity index (χ4n) is 3.11. The van der Waals surface area contributed by atoms with Gasteiger partial charge in [-0.15, -0.1) is 0 Å². The van der Waals surface area contributed by atoms with Crippen LogP contribution in [0.25, 0.3) is 0 Å². The van der Waals surface area contributed by atoms with Crippen molar-refractivity contribution in [1.82, 2.24) is 4.90 Å². The van der Waals surface area contributed by atoms with E-state index in [1.807, 2.05) is 0 Å². The second kappa shape index (κ2) is 8.40. The lowest BCUT2D eigenvalue weighted by Crippen LogP contribution is -2.32. The fourth-order valence-corrected chi connectivity index (χ4v) is 3.11. The summed E-state index contributed by atoms with van der Waals surface area (Å²) in [5.41, 5.74) is 2.54. The van der Waals surface area contributed by atoms with Gasteiger partial charge in [0.25, 0.3) is 0 Å². The third kappa shape index (κ3) is 5.33. The quantitative estimate of drug-likeness (QED) is 0.844. The molecule has 1 heterocycles. The summed E-state index contributed by atoms with van der Waals surface area (Å²) in [7, 11) is 0. The lowest BCUT2D eigenvalue weighted by atomic mass is 10.1. The maximum atomic E-state index is 8.94. The highest BCUT2D eigenvalue weighted by molar-refractivity contribution is 5.46. The zero-order valence-corrected chi connectivity index (χ0v) is 13.5. The molecule has 0 spiro atoms. The number of aryl methyl sites for hydroxylation is 1. The van der Waals surface area contributed by atoms with Gasteiger partial charge in [-0.1, -0.05) is 12.1 Å². The number of aliphatic hydroxyl groups is 1. The van der Waals surface area contributed by atoms with E-state index in [1.165, 1.54) is 43.6 Å². The zero-order valence-electron chi connectivity index (χ0n) is 13.5. The first-order valence-electron chi connectivity index (χ1n) is 8.39. The number of rotatable bonds is 6. The first-order valence-corrected chi connectivity index (χ1v) is 8.39. The second-order valence-electron chi connectivity index (χ2n) is 6.43. The van der Waals surface area contributed by atoms with Gasteiger partial charge >= 0.3 is 0 Å². The van der Waals surface area contributed by atoms with E-state index in [0.29, 0.717) is 12.1 Å². The molecule has 2 rings (SSSR count). The van der Waals surface area contributed by atoms with Gasteiger partial charge in [0.2, 0.25) is 0 Å². The van der Waals surface area contributed by atoms with E-state index in [0.717, 1.165) is 12.8 Å². The van der Waals surface area contributed by atoms with Crippen LogP contribution in [-0.4, -0.2) is 41.8 Å². The third-order valence-corrected chi connectivity index (χ3v) is 4.41. The lowest BCUT2D eigenvalue weighted by Gasteiger charge is -2.24. The first kappa shape index (κ1) is 16.3. The standard InChI is InChI=1S/C18H30N2O/c1-15(2)20-11-4-9-17(10-12-20)19-18-8-3-6-16(14-18)7-5-13-21/h3,6,8,14-15,17,19,21H,4-5,7,9-13H2,1-2H3. The first-order chi connectivity index (χ1) is 10.2. The minimum Gasteiger partial charge on any atom is -0.396 e. The summed E-state index contributed by atoms with van der Waals surface area (Å²) in [4.78, 5) is 2.58. The van der Waals surface area contributed by atoms with E-state index < -0.39 is 0 Å². The van der Waals surface area contributed by atoms with Crippen LogP contribution in [0.1, 0.15) is 45.1 Å². The predicted octanol–water partition coefficient (Wildman–Crippen LogP) is 3.29. The van der Waals surface area contributed by atoms with Crippen molar-refractivity contribution in [3.8, 4) is 0 Å². The van der Waals surface area contributed by atoms with Gasteiger partial charge < -0.3 is 15.3 Å². The molecular weight excluding hydrogens is 260 g/mol. The molecule has 0 saturated carbocycles. The molecule has 1 atom stereocenters. The SMILES string of the molecule is CC(C)N1CCCC(Nc2cccc(CCCO)c2)CC1. The Bertz CT molecular complexity index is 419. The summed E-state index contributed by atoms with van der Waals surface area (Å²) in [6.45, 7) is 7.27. The highest BCUT2D eigenvalue weighted by atomic mass is 16.2. The molecule has 2 N–H and O–H groups in total. The van der Waals surface area contributed by atoms with Crippen molar-refractivity contribution < 1.29 is 5.11 Å². The number of nitrogens with one attached hydrogen (secondary N) is 1. The van der Waals surface area contributed by atoms with Crippen LogP contribution in [-0.2, 0) is 6.42 Å². The molecule has 1 saturated heterocycles. The lowest BCUT2D eigenvalue weighted by molar-refractivity contribution is 0.230. The molecule has 1 unspecified atom stereocenters. The Kier molecular flexibility index (Phi) is 6.52.